The molecule has 0 bridgehead atoms. The number of hydrogen-bond acceptors (Lipinski definition) is 4. The van der Waals surface area contributed by atoms with Gasteiger partial charge in [-0.2, -0.15) is 0 Å². The summed E-state index contributed by atoms with van der Waals surface area (Å²) in [4.78, 5) is 13.0. The first kappa shape index (κ1) is 23.1. The van der Waals surface area contributed by atoms with Gasteiger partial charge in [0.05, 0.1) is 7.11 Å². The summed E-state index contributed by atoms with van der Waals surface area (Å²) in [5, 5.41) is 14.0. The van der Waals surface area contributed by atoms with Crippen molar-refractivity contribution in [3.05, 3.63) is 64.7 Å². The second-order valence-corrected chi connectivity index (χ2v) is 10.1. The Morgan fingerprint density at radius 1 is 1.19 bits per heavy atom. The third kappa shape index (κ3) is 4.15. The molecule has 2 aliphatic carbocycles. The number of aliphatic hydroxyl groups is 1. The molecule has 4 nitrogen and oxygen atoms in total. The number of rotatable bonds is 7. The van der Waals surface area contributed by atoms with Crippen molar-refractivity contribution < 1.29 is 14.6 Å². The van der Waals surface area contributed by atoms with E-state index in [1.807, 2.05) is 24.3 Å². The van der Waals surface area contributed by atoms with Crippen LogP contribution in [0.3, 0.4) is 0 Å². The Hall–Kier alpha value is -2.04. The van der Waals surface area contributed by atoms with E-state index in [1.54, 1.807) is 0 Å². The number of benzene rings is 2. The molecule has 0 amide bonds. The Morgan fingerprint density at radius 3 is 2.59 bits per heavy atom. The van der Waals surface area contributed by atoms with Crippen molar-refractivity contribution in [2.24, 2.45) is 11.8 Å². The van der Waals surface area contributed by atoms with E-state index >= 15 is 0 Å². The van der Waals surface area contributed by atoms with Gasteiger partial charge in [0.1, 0.15) is 5.54 Å². The smallest absolute Gasteiger partial charge is 0.331 e. The predicted molar refractivity (Wildman–Crippen MR) is 129 cm³/mol. The maximum atomic E-state index is 13.0. The monoisotopic (exact) mass is 455 g/mol. The lowest BCUT2D eigenvalue weighted by atomic mass is 9.59. The fourth-order valence-electron chi connectivity index (χ4n) is 6.16. The van der Waals surface area contributed by atoms with Crippen LogP contribution in [0.15, 0.2) is 48.5 Å². The highest BCUT2D eigenvalue weighted by molar-refractivity contribution is 6.30. The molecule has 2 aromatic rings. The van der Waals surface area contributed by atoms with Gasteiger partial charge >= 0.3 is 5.97 Å². The molecule has 0 radical (unpaired) electrons. The van der Waals surface area contributed by atoms with Gasteiger partial charge in [0.15, 0.2) is 0 Å². The van der Waals surface area contributed by atoms with Gasteiger partial charge < -0.3 is 15.2 Å². The highest BCUT2D eigenvalue weighted by Gasteiger charge is 2.54. The lowest BCUT2D eigenvalue weighted by Gasteiger charge is -2.48. The summed E-state index contributed by atoms with van der Waals surface area (Å²) in [7, 11) is 1.47. The van der Waals surface area contributed by atoms with Crippen LogP contribution in [0.4, 0.5) is 5.69 Å². The summed E-state index contributed by atoms with van der Waals surface area (Å²) >= 11 is 6.19. The molecule has 32 heavy (non-hydrogen) atoms. The largest absolute Gasteiger partial charge is 0.467 e. The van der Waals surface area contributed by atoms with Gasteiger partial charge in [-0.25, -0.2) is 4.79 Å². The van der Waals surface area contributed by atoms with Crippen LogP contribution in [0.5, 0.6) is 0 Å². The Morgan fingerprint density at radius 2 is 1.94 bits per heavy atom. The van der Waals surface area contributed by atoms with Gasteiger partial charge in [0, 0.05) is 17.3 Å². The first-order chi connectivity index (χ1) is 15.5. The molecule has 0 saturated heterocycles. The maximum Gasteiger partial charge on any atom is 0.331 e. The van der Waals surface area contributed by atoms with Crippen LogP contribution >= 0.6 is 11.6 Å². The van der Waals surface area contributed by atoms with Crippen molar-refractivity contribution in [3.63, 3.8) is 0 Å². The molecule has 2 N–H and O–H groups in total. The fraction of sp³-hybridized carbons (Fsp3) is 0.519. The normalized spacial score (nSPS) is 27.7. The number of methoxy groups -OCH3 is 1. The Kier molecular flexibility index (Phi) is 6.83. The molecule has 0 unspecified atom stereocenters. The summed E-state index contributed by atoms with van der Waals surface area (Å²) in [6.45, 7) is 2.40. The standard InChI is InChI=1S/C27H34ClNO3/c1-3-19(18-30)15-21-16-20-7-4-5-10-24(20)26(21)11-13-27(14-12-26,25(31)32-2)29-23-9-6-8-22(28)17-23/h4-10,17,19,21,29-30H,3,11-16,18H2,1-2H3/t19-,21+,26?,27?/m1/s1. The fourth-order valence-corrected chi connectivity index (χ4v) is 6.36. The van der Waals surface area contributed by atoms with Crippen molar-refractivity contribution in [2.45, 2.75) is 62.8 Å². The second-order valence-electron chi connectivity index (χ2n) is 9.62. The van der Waals surface area contributed by atoms with E-state index in [9.17, 15) is 9.90 Å². The summed E-state index contributed by atoms with van der Waals surface area (Å²) in [5.41, 5.74) is 3.01. The van der Waals surface area contributed by atoms with Crippen LogP contribution in [0.1, 0.15) is 56.6 Å². The van der Waals surface area contributed by atoms with Gasteiger partial charge in [-0.1, -0.05) is 55.3 Å². The molecule has 0 aromatic heterocycles. The quantitative estimate of drug-likeness (QED) is 0.521. The molecular weight excluding hydrogens is 422 g/mol. The number of anilines is 1. The Labute approximate surface area is 196 Å². The molecule has 2 aliphatic rings. The van der Waals surface area contributed by atoms with E-state index in [4.69, 9.17) is 16.3 Å². The molecule has 0 heterocycles. The molecule has 4 rings (SSSR count). The third-order valence-electron chi connectivity index (χ3n) is 8.04. The van der Waals surface area contributed by atoms with E-state index in [-0.39, 0.29) is 18.0 Å². The highest BCUT2D eigenvalue weighted by Crippen LogP contribution is 2.56. The number of esters is 1. The number of hydrogen-bond donors (Lipinski definition) is 2. The number of carbonyl (C=O) groups excluding carboxylic acids is 1. The molecule has 0 aliphatic heterocycles. The van der Waals surface area contributed by atoms with E-state index < -0.39 is 5.54 Å². The molecule has 2 atom stereocenters. The Balaban J connectivity index is 1.64. The maximum absolute atomic E-state index is 13.0. The molecule has 1 saturated carbocycles. The summed E-state index contributed by atoms with van der Waals surface area (Å²) in [5.74, 6) is 0.596. The summed E-state index contributed by atoms with van der Waals surface area (Å²) < 4.78 is 5.27. The van der Waals surface area contributed by atoms with Crippen LogP contribution in [0.2, 0.25) is 5.02 Å². The topological polar surface area (TPSA) is 58.6 Å². The third-order valence-corrected chi connectivity index (χ3v) is 8.27. The van der Waals surface area contributed by atoms with Crippen molar-refractivity contribution in [3.8, 4) is 0 Å². The van der Waals surface area contributed by atoms with E-state index in [0.717, 1.165) is 37.8 Å². The van der Waals surface area contributed by atoms with E-state index in [0.29, 0.717) is 29.7 Å². The SMILES string of the molecule is CC[C@@H](CO)C[C@H]1Cc2ccccc2C12CCC(Nc1cccc(Cl)c1)(C(=O)OC)CC2. The van der Waals surface area contributed by atoms with Crippen molar-refractivity contribution in [2.75, 3.05) is 19.0 Å². The zero-order valence-electron chi connectivity index (χ0n) is 19.1. The first-order valence-corrected chi connectivity index (χ1v) is 12.2. The van der Waals surface area contributed by atoms with Crippen LogP contribution in [0, 0.1) is 11.8 Å². The van der Waals surface area contributed by atoms with E-state index in [1.165, 1.54) is 18.2 Å². The van der Waals surface area contributed by atoms with Gasteiger partial charge in [-0.3, -0.25) is 0 Å². The molecule has 5 heteroatoms. The van der Waals surface area contributed by atoms with Crippen LogP contribution < -0.4 is 5.32 Å². The number of halogens is 1. The van der Waals surface area contributed by atoms with Gasteiger partial charge in [0.2, 0.25) is 0 Å². The van der Waals surface area contributed by atoms with Crippen molar-refractivity contribution >= 4 is 23.3 Å². The van der Waals surface area contributed by atoms with Crippen LogP contribution in [-0.2, 0) is 21.4 Å². The number of nitrogens with one attached hydrogen (secondary N) is 1. The average Bonchev–Trinajstić information content (AvgIpc) is 3.11. The minimum Gasteiger partial charge on any atom is -0.467 e. The lowest BCUT2D eigenvalue weighted by Crippen LogP contribution is -2.53. The molecule has 172 valence electrons. The zero-order chi connectivity index (χ0) is 22.8. The van der Waals surface area contributed by atoms with Gasteiger partial charge in [-0.15, -0.1) is 0 Å². The van der Waals surface area contributed by atoms with Gasteiger partial charge in [0.25, 0.3) is 0 Å². The highest BCUT2D eigenvalue weighted by atomic mass is 35.5. The zero-order valence-corrected chi connectivity index (χ0v) is 19.8. The lowest BCUT2D eigenvalue weighted by molar-refractivity contribution is -0.148. The van der Waals surface area contributed by atoms with Crippen LogP contribution in [-0.4, -0.2) is 30.3 Å². The number of aliphatic hydroxyl groups excluding tert-OH is 1. The molecule has 2 aromatic carbocycles. The minimum atomic E-state index is -0.756. The van der Waals surface area contributed by atoms with Gasteiger partial charge in [-0.05, 0) is 85.1 Å². The summed E-state index contributed by atoms with van der Waals surface area (Å²) in [6.07, 6.45) is 6.30. The minimum absolute atomic E-state index is 0.0483. The second kappa shape index (κ2) is 9.44. The van der Waals surface area contributed by atoms with Crippen molar-refractivity contribution in [1.82, 2.24) is 0 Å². The van der Waals surface area contributed by atoms with E-state index in [2.05, 4.69) is 36.5 Å². The Bertz CT molecular complexity index is 947. The van der Waals surface area contributed by atoms with Crippen LogP contribution in [0.25, 0.3) is 0 Å². The van der Waals surface area contributed by atoms with Crippen molar-refractivity contribution in [1.29, 1.82) is 0 Å². The molecular formula is C27H34ClNO3. The summed E-state index contributed by atoms with van der Waals surface area (Å²) in [6, 6.07) is 16.3. The number of ether oxygens (including phenoxy) is 1. The molecule has 1 spiro atoms. The predicted octanol–water partition coefficient (Wildman–Crippen LogP) is 5.76. The molecule has 1 fully saturated rings. The first-order valence-electron chi connectivity index (χ1n) is 11.8. The average molecular weight is 456 g/mol. The number of fused-ring (bicyclic) bond motifs is 2. The number of carbonyl (C=O) groups is 1.